The van der Waals surface area contributed by atoms with Crippen molar-refractivity contribution in [3.63, 3.8) is 0 Å². The summed E-state index contributed by atoms with van der Waals surface area (Å²) in [5.74, 6) is 0. The van der Waals surface area contributed by atoms with Gasteiger partial charge in [-0.1, -0.05) is 68.4 Å². The first-order valence-corrected chi connectivity index (χ1v) is 9.22. The van der Waals surface area contributed by atoms with Crippen molar-refractivity contribution < 1.29 is 0 Å². The third kappa shape index (κ3) is 1.61. The fourth-order valence-corrected chi connectivity index (χ4v) is 4.97. The Morgan fingerprint density at radius 2 is 1.46 bits per heavy atom. The van der Waals surface area contributed by atoms with Crippen LogP contribution in [-0.2, 0) is 5.41 Å². The molecule has 1 heteroatoms. The van der Waals surface area contributed by atoms with E-state index >= 15 is 0 Å². The lowest BCUT2D eigenvalue weighted by molar-refractivity contribution is 0.666. The molecule has 0 bridgehead atoms. The molecule has 1 nitrogen and oxygen atoms in total. The SMILES string of the molecule is CC1(C)c2ccccc2-c2ccc3cc4c(cc3c21)[nH]c1ccccc14. The molecule has 0 atom stereocenters. The number of rotatable bonds is 0. The molecule has 0 unspecified atom stereocenters. The summed E-state index contributed by atoms with van der Waals surface area (Å²) in [6.07, 6.45) is 0. The van der Waals surface area contributed by atoms with E-state index in [0.29, 0.717) is 0 Å². The van der Waals surface area contributed by atoms with Gasteiger partial charge in [0.25, 0.3) is 0 Å². The first-order valence-electron chi connectivity index (χ1n) is 9.22. The van der Waals surface area contributed by atoms with Crippen LogP contribution in [0.5, 0.6) is 0 Å². The highest BCUT2D eigenvalue weighted by Crippen LogP contribution is 2.51. The second-order valence-corrected chi connectivity index (χ2v) is 7.95. The van der Waals surface area contributed by atoms with Gasteiger partial charge in [-0.05, 0) is 51.2 Å². The van der Waals surface area contributed by atoms with E-state index in [9.17, 15) is 0 Å². The Labute approximate surface area is 152 Å². The van der Waals surface area contributed by atoms with Gasteiger partial charge in [-0.25, -0.2) is 0 Å². The van der Waals surface area contributed by atoms with Crippen molar-refractivity contribution in [3.8, 4) is 11.1 Å². The molecule has 6 rings (SSSR count). The Morgan fingerprint density at radius 3 is 2.38 bits per heavy atom. The van der Waals surface area contributed by atoms with E-state index in [1.54, 1.807) is 0 Å². The number of para-hydroxylation sites is 1. The fourth-order valence-electron chi connectivity index (χ4n) is 4.97. The van der Waals surface area contributed by atoms with Crippen LogP contribution in [0.4, 0.5) is 0 Å². The van der Waals surface area contributed by atoms with Crippen LogP contribution in [0, 0.1) is 0 Å². The number of hydrogen-bond acceptors (Lipinski definition) is 0. The predicted molar refractivity (Wildman–Crippen MR) is 111 cm³/mol. The number of aromatic amines is 1. The molecular weight excluding hydrogens is 314 g/mol. The third-order valence-corrected chi connectivity index (χ3v) is 6.16. The molecule has 5 aromatic rings. The fraction of sp³-hybridized carbons (Fsp3) is 0.120. The van der Waals surface area contributed by atoms with E-state index in [1.165, 1.54) is 54.8 Å². The number of hydrogen-bond donors (Lipinski definition) is 1. The molecule has 4 aromatic carbocycles. The lowest BCUT2D eigenvalue weighted by Crippen LogP contribution is -2.15. The molecule has 0 amide bonds. The summed E-state index contributed by atoms with van der Waals surface area (Å²) in [6.45, 7) is 4.71. The lowest BCUT2D eigenvalue weighted by atomic mass is 9.80. The van der Waals surface area contributed by atoms with E-state index in [4.69, 9.17) is 0 Å². The zero-order valence-corrected chi connectivity index (χ0v) is 14.9. The quantitative estimate of drug-likeness (QED) is 0.321. The summed E-state index contributed by atoms with van der Waals surface area (Å²) in [4.78, 5) is 3.61. The minimum absolute atomic E-state index is 0.0190. The monoisotopic (exact) mass is 333 g/mol. The molecule has 0 aliphatic heterocycles. The second-order valence-electron chi connectivity index (χ2n) is 7.95. The van der Waals surface area contributed by atoms with Gasteiger partial charge in [0, 0.05) is 27.2 Å². The summed E-state index contributed by atoms with van der Waals surface area (Å²) in [5, 5.41) is 5.29. The molecule has 124 valence electrons. The van der Waals surface area contributed by atoms with Gasteiger partial charge >= 0.3 is 0 Å². The van der Waals surface area contributed by atoms with Crippen LogP contribution < -0.4 is 0 Å². The van der Waals surface area contributed by atoms with E-state index in [0.717, 1.165) is 0 Å². The van der Waals surface area contributed by atoms with E-state index in [-0.39, 0.29) is 5.41 Å². The summed E-state index contributed by atoms with van der Waals surface area (Å²) in [7, 11) is 0. The van der Waals surface area contributed by atoms with Crippen molar-refractivity contribution in [1.82, 2.24) is 4.98 Å². The molecular formula is C25H19N. The number of H-pyrrole nitrogens is 1. The van der Waals surface area contributed by atoms with Crippen molar-refractivity contribution in [3.05, 3.63) is 83.9 Å². The summed E-state index contributed by atoms with van der Waals surface area (Å²) >= 11 is 0. The maximum atomic E-state index is 3.61. The Hall–Kier alpha value is -3.06. The summed E-state index contributed by atoms with van der Waals surface area (Å²) in [6, 6.07) is 26.7. The Kier molecular flexibility index (Phi) is 2.48. The molecule has 1 aliphatic carbocycles. The van der Waals surface area contributed by atoms with Crippen LogP contribution in [0.15, 0.2) is 72.8 Å². The standard InChI is InChI=1S/C25H19N/c1-25(2)21-9-5-3-7-16(21)18-12-11-15-13-20-17-8-4-6-10-22(17)26-23(20)14-19(15)24(18)25/h3-14,26H,1-2H3. The van der Waals surface area contributed by atoms with Gasteiger partial charge in [0.15, 0.2) is 0 Å². The highest BCUT2D eigenvalue weighted by molar-refractivity contribution is 6.13. The van der Waals surface area contributed by atoms with Crippen molar-refractivity contribution >= 4 is 32.6 Å². The predicted octanol–water partition coefficient (Wildman–Crippen LogP) is 6.78. The Morgan fingerprint density at radius 1 is 0.654 bits per heavy atom. The summed E-state index contributed by atoms with van der Waals surface area (Å²) in [5.41, 5.74) is 8.09. The van der Waals surface area contributed by atoms with Crippen LogP contribution in [0.3, 0.4) is 0 Å². The minimum atomic E-state index is 0.0190. The first kappa shape index (κ1) is 14.1. The van der Waals surface area contributed by atoms with Crippen molar-refractivity contribution in [2.45, 2.75) is 19.3 Å². The van der Waals surface area contributed by atoms with Crippen molar-refractivity contribution in [2.24, 2.45) is 0 Å². The molecule has 0 saturated carbocycles. The molecule has 1 heterocycles. The average molecular weight is 333 g/mol. The highest BCUT2D eigenvalue weighted by atomic mass is 14.7. The van der Waals surface area contributed by atoms with Gasteiger partial charge in [0.1, 0.15) is 0 Å². The zero-order valence-electron chi connectivity index (χ0n) is 14.9. The average Bonchev–Trinajstić information content (AvgIpc) is 3.13. The Bertz CT molecular complexity index is 1350. The smallest absolute Gasteiger partial charge is 0.0471 e. The van der Waals surface area contributed by atoms with Gasteiger partial charge in [0.2, 0.25) is 0 Å². The second kappa shape index (κ2) is 4.56. The van der Waals surface area contributed by atoms with Gasteiger partial charge in [-0.3, -0.25) is 0 Å². The normalized spacial score (nSPS) is 14.8. The molecule has 1 aliphatic rings. The maximum Gasteiger partial charge on any atom is 0.0471 e. The number of benzene rings is 4. The highest BCUT2D eigenvalue weighted by Gasteiger charge is 2.36. The van der Waals surface area contributed by atoms with E-state index in [1.807, 2.05) is 0 Å². The molecule has 1 N–H and O–H groups in total. The molecule has 26 heavy (non-hydrogen) atoms. The van der Waals surface area contributed by atoms with Crippen LogP contribution in [0.2, 0.25) is 0 Å². The molecule has 0 spiro atoms. The zero-order chi connectivity index (χ0) is 17.5. The van der Waals surface area contributed by atoms with Gasteiger partial charge < -0.3 is 4.98 Å². The lowest BCUT2D eigenvalue weighted by Gasteiger charge is -2.23. The number of nitrogens with one attached hydrogen (secondary N) is 1. The van der Waals surface area contributed by atoms with Crippen LogP contribution >= 0.6 is 0 Å². The third-order valence-electron chi connectivity index (χ3n) is 6.16. The van der Waals surface area contributed by atoms with Gasteiger partial charge in [-0.2, -0.15) is 0 Å². The van der Waals surface area contributed by atoms with E-state index in [2.05, 4.69) is 91.6 Å². The maximum absolute atomic E-state index is 3.61. The molecule has 0 radical (unpaired) electrons. The minimum Gasteiger partial charge on any atom is -0.354 e. The van der Waals surface area contributed by atoms with Crippen molar-refractivity contribution in [1.29, 1.82) is 0 Å². The largest absolute Gasteiger partial charge is 0.354 e. The number of aromatic nitrogens is 1. The van der Waals surface area contributed by atoms with Crippen LogP contribution in [0.25, 0.3) is 43.7 Å². The van der Waals surface area contributed by atoms with Gasteiger partial charge in [0.05, 0.1) is 0 Å². The molecule has 0 fully saturated rings. The van der Waals surface area contributed by atoms with Gasteiger partial charge in [-0.15, -0.1) is 0 Å². The number of fused-ring (bicyclic) bond motifs is 8. The van der Waals surface area contributed by atoms with E-state index < -0.39 is 0 Å². The topological polar surface area (TPSA) is 15.8 Å². The van der Waals surface area contributed by atoms with Crippen molar-refractivity contribution in [2.75, 3.05) is 0 Å². The van der Waals surface area contributed by atoms with Crippen LogP contribution in [0.1, 0.15) is 25.0 Å². The Balaban J connectivity index is 1.78. The first-order chi connectivity index (χ1) is 12.6. The molecule has 0 saturated heterocycles. The van der Waals surface area contributed by atoms with Crippen LogP contribution in [-0.4, -0.2) is 4.98 Å². The summed E-state index contributed by atoms with van der Waals surface area (Å²) < 4.78 is 0. The molecule has 1 aromatic heterocycles.